The number of unbranched alkanes of at least 4 members (excludes halogenated alkanes) is 11. The Balaban J connectivity index is 3.84. The quantitative estimate of drug-likeness (QED) is 0.0270. The third kappa shape index (κ3) is 35.1. The molecule has 0 aliphatic rings. The molecule has 7 heteroatoms. The molecule has 0 bridgehead atoms. The molecule has 0 saturated heterocycles. The molecular weight excluding hydrogens is 628 g/mol. The second-order valence-electron chi connectivity index (χ2n) is 13.5. The first-order chi connectivity index (χ1) is 24.3. The molecule has 50 heavy (non-hydrogen) atoms. The van der Waals surface area contributed by atoms with Gasteiger partial charge in [0, 0.05) is 12.8 Å². The predicted octanol–water partition coefficient (Wildman–Crippen LogP) is 9.97. The molecule has 286 valence electrons. The minimum atomic E-state index is -0.850. The van der Waals surface area contributed by atoms with Gasteiger partial charge in [0.05, 0.1) is 18.8 Å². The third-order valence-electron chi connectivity index (χ3n) is 8.12. The van der Waals surface area contributed by atoms with Gasteiger partial charge in [0.25, 0.3) is 0 Å². The number of aliphatic hydroxyl groups is 3. The van der Waals surface area contributed by atoms with Gasteiger partial charge in [-0.15, -0.1) is 0 Å². The van der Waals surface area contributed by atoms with Gasteiger partial charge in [0.2, 0.25) is 0 Å². The summed E-state index contributed by atoms with van der Waals surface area (Å²) in [6.07, 6.45) is 40.4. The molecule has 0 radical (unpaired) electrons. The van der Waals surface area contributed by atoms with Crippen LogP contribution in [0.25, 0.3) is 0 Å². The minimum absolute atomic E-state index is 0.130. The maximum absolute atomic E-state index is 12.1. The zero-order valence-electron chi connectivity index (χ0n) is 31.8. The van der Waals surface area contributed by atoms with Crippen molar-refractivity contribution in [2.24, 2.45) is 5.92 Å². The van der Waals surface area contributed by atoms with Crippen LogP contribution in [0, 0.1) is 5.92 Å². The summed E-state index contributed by atoms with van der Waals surface area (Å²) in [5.41, 5.74) is 0. The zero-order valence-corrected chi connectivity index (χ0v) is 31.8. The molecule has 3 N–H and O–H groups in total. The molecule has 0 fully saturated rings. The molecule has 0 rings (SSSR count). The number of rotatable bonds is 33. The fourth-order valence-corrected chi connectivity index (χ4v) is 5.11. The molecule has 0 aromatic rings. The van der Waals surface area contributed by atoms with Crippen molar-refractivity contribution in [3.63, 3.8) is 0 Å². The third-order valence-corrected chi connectivity index (χ3v) is 8.12. The van der Waals surface area contributed by atoms with Crippen molar-refractivity contribution in [2.75, 3.05) is 13.2 Å². The van der Waals surface area contributed by atoms with Gasteiger partial charge < -0.3 is 24.8 Å². The fraction of sp³-hybridized carbons (Fsp3) is 0.674. The lowest BCUT2D eigenvalue weighted by molar-refractivity contribution is -0.161. The standard InChI is InChI=1S/C43H72O7/c1-4-5-22-30-39(45)32-25-20-21-26-33-40(46)31-24-17-14-15-19-28-35-43(48)50-41(36-44)37-49-42(47)34-27-18-13-11-9-7-6-8-10-12-16-23-29-38(2)3/h5,15,17,19-22,24-26,32-33,38-41,44-46H,4,6-14,16,18,23,27-31,34-37H2,1-3H3/b19-15-,21-20-,22-5-,24-17-,32-25+,33-26+/t39-,40+,41-/m0/s1. The Labute approximate surface area is 305 Å². The summed E-state index contributed by atoms with van der Waals surface area (Å²) in [7, 11) is 0. The van der Waals surface area contributed by atoms with Crippen LogP contribution in [-0.2, 0) is 19.1 Å². The second kappa shape index (κ2) is 36.1. The van der Waals surface area contributed by atoms with E-state index in [0.29, 0.717) is 32.1 Å². The summed E-state index contributed by atoms with van der Waals surface area (Å²) in [5, 5.41) is 29.4. The van der Waals surface area contributed by atoms with Gasteiger partial charge in [0.1, 0.15) is 6.61 Å². The first-order valence-electron chi connectivity index (χ1n) is 19.6. The highest BCUT2D eigenvalue weighted by Crippen LogP contribution is 2.14. The molecule has 0 aromatic heterocycles. The first kappa shape index (κ1) is 47.3. The van der Waals surface area contributed by atoms with Crippen molar-refractivity contribution in [3.8, 4) is 0 Å². The van der Waals surface area contributed by atoms with Crippen LogP contribution in [0.2, 0.25) is 0 Å². The smallest absolute Gasteiger partial charge is 0.306 e. The van der Waals surface area contributed by atoms with Crippen molar-refractivity contribution < 1.29 is 34.4 Å². The average Bonchev–Trinajstić information content (AvgIpc) is 3.09. The lowest BCUT2D eigenvalue weighted by Gasteiger charge is -2.15. The van der Waals surface area contributed by atoms with Crippen molar-refractivity contribution in [3.05, 3.63) is 72.9 Å². The maximum atomic E-state index is 12.1. The molecule has 0 spiro atoms. The van der Waals surface area contributed by atoms with Gasteiger partial charge in [0.15, 0.2) is 6.10 Å². The van der Waals surface area contributed by atoms with E-state index >= 15 is 0 Å². The summed E-state index contributed by atoms with van der Waals surface area (Å²) >= 11 is 0. The lowest BCUT2D eigenvalue weighted by atomic mass is 10.0. The maximum Gasteiger partial charge on any atom is 0.306 e. The van der Waals surface area contributed by atoms with Crippen LogP contribution in [0.3, 0.4) is 0 Å². The van der Waals surface area contributed by atoms with Crippen molar-refractivity contribution in [2.45, 2.75) is 167 Å². The van der Waals surface area contributed by atoms with Crippen LogP contribution in [0.4, 0.5) is 0 Å². The molecule has 0 aliphatic carbocycles. The summed E-state index contributed by atoms with van der Waals surface area (Å²) in [6, 6.07) is 0. The van der Waals surface area contributed by atoms with E-state index in [9.17, 15) is 24.9 Å². The normalized spacial score (nSPS) is 14.4. The number of allylic oxidation sites excluding steroid dienone is 8. The van der Waals surface area contributed by atoms with Gasteiger partial charge in [-0.05, 0) is 44.4 Å². The van der Waals surface area contributed by atoms with Crippen LogP contribution < -0.4 is 0 Å². The molecule has 3 atom stereocenters. The summed E-state index contributed by atoms with van der Waals surface area (Å²) in [5.74, 6) is 0.0651. The number of hydrogen-bond donors (Lipinski definition) is 3. The van der Waals surface area contributed by atoms with Crippen molar-refractivity contribution in [1.82, 2.24) is 0 Å². The highest BCUT2D eigenvalue weighted by molar-refractivity contribution is 5.70. The highest BCUT2D eigenvalue weighted by atomic mass is 16.6. The summed E-state index contributed by atoms with van der Waals surface area (Å²) in [4.78, 5) is 24.2. The molecule has 0 amide bonds. The van der Waals surface area contributed by atoms with Gasteiger partial charge in [-0.3, -0.25) is 9.59 Å². The number of hydrogen-bond acceptors (Lipinski definition) is 7. The van der Waals surface area contributed by atoms with Gasteiger partial charge in [-0.1, -0.05) is 171 Å². The monoisotopic (exact) mass is 701 g/mol. The Morgan fingerprint density at radius 1 is 0.620 bits per heavy atom. The van der Waals surface area contributed by atoms with Crippen LogP contribution in [-0.4, -0.2) is 58.8 Å². The summed E-state index contributed by atoms with van der Waals surface area (Å²) in [6.45, 7) is 6.12. The van der Waals surface area contributed by atoms with Crippen LogP contribution in [0.15, 0.2) is 72.9 Å². The van der Waals surface area contributed by atoms with Gasteiger partial charge in [-0.25, -0.2) is 0 Å². The summed E-state index contributed by atoms with van der Waals surface area (Å²) < 4.78 is 10.5. The van der Waals surface area contributed by atoms with Gasteiger partial charge in [-0.2, -0.15) is 0 Å². The Kier molecular flexibility index (Phi) is 34.1. The van der Waals surface area contributed by atoms with Gasteiger partial charge >= 0.3 is 11.9 Å². The van der Waals surface area contributed by atoms with E-state index in [0.717, 1.165) is 31.6 Å². The number of esters is 2. The minimum Gasteiger partial charge on any atom is -0.462 e. The number of ether oxygens (including phenoxy) is 2. The van der Waals surface area contributed by atoms with E-state index in [1.807, 2.05) is 48.6 Å². The van der Waals surface area contributed by atoms with E-state index in [1.165, 1.54) is 64.2 Å². The van der Waals surface area contributed by atoms with E-state index < -0.39 is 30.9 Å². The zero-order chi connectivity index (χ0) is 36.9. The van der Waals surface area contributed by atoms with Crippen LogP contribution in [0.1, 0.15) is 149 Å². The molecule has 0 heterocycles. The largest absolute Gasteiger partial charge is 0.462 e. The lowest BCUT2D eigenvalue weighted by Crippen LogP contribution is -2.28. The molecule has 7 nitrogen and oxygen atoms in total. The first-order valence-corrected chi connectivity index (χ1v) is 19.6. The Morgan fingerprint density at radius 3 is 1.68 bits per heavy atom. The van der Waals surface area contributed by atoms with Crippen LogP contribution in [0.5, 0.6) is 0 Å². The van der Waals surface area contributed by atoms with E-state index in [1.54, 1.807) is 24.3 Å². The Morgan fingerprint density at radius 2 is 1.14 bits per heavy atom. The Hall–Kier alpha value is -2.74. The average molecular weight is 701 g/mol. The number of carbonyl (C=O) groups is 2. The van der Waals surface area contributed by atoms with E-state index in [4.69, 9.17) is 9.47 Å². The Bertz CT molecular complexity index is 976. The SMILES string of the molecule is CC/C=C\C[C@H](O)/C=C/C=C\C=C\[C@H](O)C/C=C\C/C=C\CCC(=O)O[C@@H](CO)COC(=O)CCCCCCCCCCCCCCC(C)C. The molecular formula is C43H72O7. The predicted molar refractivity (Wildman–Crippen MR) is 208 cm³/mol. The molecule has 0 aromatic carbocycles. The topological polar surface area (TPSA) is 113 Å². The van der Waals surface area contributed by atoms with E-state index in [2.05, 4.69) is 20.8 Å². The highest BCUT2D eigenvalue weighted by Gasteiger charge is 2.15. The van der Waals surface area contributed by atoms with Crippen LogP contribution >= 0.6 is 0 Å². The molecule has 0 aliphatic heterocycles. The van der Waals surface area contributed by atoms with E-state index in [-0.39, 0.29) is 19.0 Å². The fourth-order valence-electron chi connectivity index (χ4n) is 5.11. The molecule has 0 unspecified atom stereocenters. The molecule has 0 saturated carbocycles. The van der Waals surface area contributed by atoms with Crippen molar-refractivity contribution in [1.29, 1.82) is 0 Å². The number of aliphatic hydroxyl groups excluding tert-OH is 3. The number of carbonyl (C=O) groups excluding carboxylic acids is 2. The second-order valence-corrected chi connectivity index (χ2v) is 13.5. The van der Waals surface area contributed by atoms with Crippen molar-refractivity contribution >= 4 is 11.9 Å².